The highest BCUT2D eigenvalue weighted by molar-refractivity contribution is 7.89. The molecule has 1 saturated heterocycles. The second-order valence-electron chi connectivity index (χ2n) is 5.36. The van der Waals surface area contributed by atoms with Gasteiger partial charge in [0.1, 0.15) is 10.7 Å². The van der Waals surface area contributed by atoms with Crippen LogP contribution in [-0.2, 0) is 14.8 Å². The Labute approximate surface area is 141 Å². The minimum absolute atomic E-state index is 0. The number of benzene rings is 1. The first-order chi connectivity index (χ1) is 10.3. The highest BCUT2D eigenvalue weighted by Crippen LogP contribution is 2.14. The van der Waals surface area contributed by atoms with Gasteiger partial charge in [0.25, 0.3) is 0 Å². The van der Waals surface area contributed by atoms with Gasteiger partial charge in [-0.1, -0.05) is 12.1 Å². The Kier molecular flexibility index (Phi) is 6.94. The van der Waals surface area contributed by atoms with Crippen LogP contribution >= 0.6 is 12.4 Å². The lowest BCUT2D eigenvalue weighted by atomic mass is 10.2. The van der Waals surface area contributed by atoms with Crippen molar-refractivity contribution in [2.24, 2.45) is 0 Å². The summed E-state index contributed by atoms with van der Waals surface area (Å²) >= 11 is 0. The molecule has 6 nitrogen and oxygen atoms in total. The lowest BCUT2D eigenvalue weighted by Gasteiger charge is -2.35. The van der Waals surface area contributed by atoms with E-state index >= 15 is 0 Å². The molecule has 1 aliphatic heterocycles. The van der Waals surface area contributed by atoms with Gasteiger partial charge in [-0.05, 0) is 26.0 Å². The van der Waals surface area contributed by atoms with E-state index in [1.54, 1.807) is 4.90 Å². The van der Waals surface area contributed by atoms with Crippen LogP contribution in [0.25, 0.3) is 0 Å². The molecule has 130 valence electrons. The second-order valence-corrected chi connectivity index (χ2v) is 7.04. The predicted molar refractivity (Wildman–Crippen MR) is 87.5 cm³/mol. The lowest BCUT2D eigenvalue weighted by molar-refractivity contribution is -0.135. The van der Waals surface area contributed by atoms with Crippen molar-refractivity contribution in [2.75, 3.05) is 19.6 Å². The van der Waals surface area contributed by atoms with Crippen LogP contribution in [0.3, 0.4) is 0 Å². The Morgan fingerprint density at radius 1 is 1.43 bits per heavy atom. The molecule has 2 atom stereocenters. The fraction of sp³-hybridized carbons (Fsp3) is 0.500. The van der Waals surface area contributed by atoms with Gasteiger partial charge in [0.15, 0.2) is 0 Å². The number of amides is 1. The first kappa shape index (κ1) is 19.8. The van der Waals surface area contributed by atoms with E-state index in [1.807, 2.05) is 6.92 Å². The molecular weight excluding hydrogens is 345 g/mol. The smallest absolute Gasteiger partial charge is 0.244 e. The van der Waals surface area contributed by atoms with Crippen molar-refractivity contribution in [3.63, 3.8) is 0 Å². The third-order valence-corrected chi connectivity index (χ3v) is 5.19. The molecule has 2 N–H and O–H groups in total. The van der Waals surface area contributed by atoms with Crippen molar-refractivity contribution in [3.8, 4) is 0 Å². The number of hydrogen-bond acceptors (Lipinski definition) is 4. The molecule has 0 aliphatic carbocycles. The number of sulfonamides is 1. The topological polar surface area (TPSA) is 78.5 Å². The van der Waals surface area contributed by atoms with E-state index in [9.17, 15) is 17.6 Å². The number of carbonyl (C=O) groups is 1. The summed E-state index contributed by atoms with van der Waals surface area (Å²) in [4.78, 5) is 13.6. The molecule has 0 saturated carbocycles. The van der Waals surface area contributed by atoms with Crippen molar-refractivity contribution in [2.45, 2.75) is 30.8 Å². The maximum atomic E-state index is 13.6. The Morgan fingerprint density at radius 3 is 2.70 bits per heavy atom. The van der Waals surface area contributed by atoms with Gasteiger partial charge in [-0.15, -0.1) is 12.4 Å². The number of carbonyl (C=O) groups excluding carboxylic acids is 1. The molecule has 1 aliphatic rings. The van der Waals surface area contributed by atoms with Gasteiger partial charge < -0.3 is 10.2 Å². The lowest BCUT2D eigenvalue weighted by Crippen LogP contribution is -2.57. The largest absolute Gasteiger partial charge is 0.336 e. The maximum Gasteiger partial charge on any atom is 0.244 e. The van der Waals surface area contributed by atoms with Crippen LogP contribution in [0.5, 0.6) is 0 Å². The number of piperazine rings is 1. The molecule has 1 heterocycles. The minimum atomic E-state index is -4.08. The first-order valence-corrected chi connectivity index (χ1v) is 8.59. The van der Waals surface area contributed by atoms with Gasteiger partial charge in [-0.25, -0.2) is 12.8 Å². The fourth-order valence-corrected chi connectivity index (χ4v) is 3.70. The molecular formula is C14H21ClFN3O3S. The SMILES string of the molecule is CC(NS(=O)(=O)c1ccccc1F)C(=O)N1CCNC[C@@H]1C.Cl. The number of rotatable bonds is 4. The van der Waals surface area contributed by atoms with E-state index in [4.69, 9.17) is 0 Å². The van der Waals surface area contributed by atoms with Crippen molar-refractivity contribution >= 4 is 28.3 Å². The normalized spacial score (nSPS) is 19.8. The zero-order valence-corrected chi connectivity index (χ0v) is 14.6. The zero-order chi connectivity index (χ0) is 16.3. The van der Waals surface area contributed by atoms with Crippen LogP contribution in [-0.4, -0.2) is 50.9 Å². The summed E-state index contributed by atoms with van der Waals surface area (Å²) < 4.78 is 40.3. The summed E-state index contributed by atoms with van der Waals surface area (Å²) in [5, 5.41) is 3.16. The number of halogens is 2. The monoisotopic (exact) mass is 365 g/mol. The van der Waals surface area contributed by atoms with E-state index in [1.165, 1.54) is 25.1 Å². The first-order valence-electron chi connectivity index (χ1n) is 7.11. The van der Waals surface area contributed by atoms with E-state index in [2.05, 4.69) is 10.0 Å². The third-order valence-electron chi connectivity index (χ3n) is 3.61. The van der Waals surface area contributed by atoms with Crippen LogP contribution in [0.4, 0.5) is 4.39 Å². The van der Waals surface area contributed by atoms with E-state index in [0.29, 0.717) is 19.6 Å². The molecule has 0 bridgehead atoms. The fourth-order valence-electron chi connectivity index (χ4n) is 2.43. The highest BCUT2D eigenvalue weighted by Gasteiger charge is 2.30. The van der Waals surface area contributed by atoms with Crippen molar-refractivity contribution in [1.82, 2.24) is 14.9 Å². The van der Waals surface area contributed by atoms with Crippen LogP contribution < -0.4 is 10.0 Å². The zero-order valence-electron chi connectivity index (χ0n) is 13.0. The predicted octanol–water partition coefficient (Wildman–Crippen LogP) is 0.735. The van der Waals surface area contributed by atoms with Gasteiger partial charge in [-0.2, -0.15) is 4.72 Å². The quantitative estimate of drug-likeness (QED) is 0.824. The molecule has 1 unspecified atom stereocenters. The highest BCUT2D eigenvalue weighted by atomic mass is 35.5. The Morgan fingerprint density at radius 2 is 2.09 bits per heavy atom. The molecule has 0 radical (unpaired) electrons. The van der Waals surface area contributed by atoms with E-state index in [-0.39, 0.29) is 24.4 Å². The Balaban J connectivity index is 0.00000264. The minimum Gasteiger partial charge on any atom is -0.336 e. The summed E-state index contributed by atoms with van der Waals surface area (Å²) in [6.45, 7) is 5.21. The average Bonchev–Trinajstić information content (AvgIpc) is 2.46. The average molecular weight is 366 g/mol. The van der Waals surface area contributed by atoms with Crippen LogP contribution in [0.1, 0.15) is 13.8 Å². The second kappa shape index (κ2) is 8.05. The third kappa shape index (κ3) is 4.63. The van der Waals surface area contributed by atoms with Crippen molar-refractivity contribution in [3.05, 3.63) is 30.1 Å². The van der Waals surface area contributed by atoms with Gasteiger partial charge >= 0.3 is 0 Å². The van der Waals surface area contributed by atoms with Crippen molar-refractivity contribution < 1.29 is 17.6 Å². The van der Waals surface area contributed by atoms with Crippen LogP contribution in [0.2, 0.25) is 0 Å². The standard InChI is InChI=1S/C14H20FN3O3S.ClH/c1-10-9-16-7-8-18(10)14(19)11(2)17-22(20,21)13-6-4-3-5-12(13)15;/h3-6,10-11,16-17H,7-9H2,1-2H3;1H/t10-,11?;/m0./s1. The van der Waals surface area contributed by atoms with Crippen LogP contribution in [0, 0.1) is 5.82 Å². The summed E-state index contributed by atoms with van der Waals surface area (Å²) in [5.74, 6) is -1.15. The molecule has 1 amide bonds. The van der Waals surface area contributed by atoms with Crippen molar-refractivity contribution in [1.29, 1.82) is 0 Å². The summed E-state index contributed by atoms with van der Waals surface area (Å²) in [5.41, 5.74) is 0. The summed E-state index contributed by atoms with van der Waals surface area (Å²) in [7, 11) is -4.08. The molecule has 0 spiro atoms. The van der Waals surface area contributed by atoms with Gasteiger partial charge in [0.05, 0.1) is 6.04 Å². The molecule has 0 aromatic heterocycles. The Hall–Kier alpha value is -1.22. The number of nitrogens with zero attached hydrogens (tertiary/aromatic N) is 1. The van der Waals surface area contributed by atoms with E-state index in [0.717, 1.165) is 6.07 Å². The van der Waals surface area contributed by atoms with Crippen LogP contribution in [0.15, 0.2) is 29.2 Å². The molecule has 2 rings (SSSR count). The van der Waals surface area contributed by atoms with Gasteiger partial charge in [0, 0.05) is 25.7 Å². The van der Waals surface area contributed by atoms with Gasteiger partial charge in [0.2, 0.25) is 15.9 Å². The van der Waals surface area contributed by atoms with E-state index < -0.39 is 26.8 Å². The summed E-state index contributed by atoms with van der Waals surface area (Å²) in [6, 6.07) is 4.11. The Bertz CT molecular complexity index is 656. The number of hydrogen-bond donors (Lipinski definition) is 2. The number of nitrogens with one attached hydrogen (secondary N) is 2. The summed E-state index contributed by atoms with van der Waals surface area (Å²) in [6.07, 6.45) is 0. The molecule has 1 aromatic carbocycles. The van der Waals surface area contributed by atoms with Gasteiger partial charge in [-0.3, -0.25) is 4.79 Å². The molecule has 1 aromatic rings. The molecule has 9 heteroatoms. The molecule has 23 heavy (non-hydrogen) atoms. The maximum absolute atomic E-state index is 13.6. The molecule has 1 fully saturated rings.